The van der Waals surface area contributed by atoms with Gasteiger partial charge in [-0.05, 0) is 74.4 Å². The number of carbonyl (C=O) groups excluding carboxylic acids is 2. The van der Waals surface area contributed by atoms with Crippen molar-refractivity contribution in [3.63, 3.8) is 0 Å². The highest BCUT2D eigenvalue weighted by Gasteiger charge is 2.32. The summed E-state index contributed by atoms with van der Waals surface area (Å²) in [5.74, 6) is -0.224. The highest BCUT2D eigenvalue weighted by atomic mass is 79.9. The highest BCUT2D eigenvalue weighted by molar-refractivity contribution is 9.10. The largest absolute Gasteiger partial charge is 0.494 e. The van der Waals surface area contributed by atoms with E-state index in [0.717, 1.165) is 20.8 Å². The molecule has 0 aliphatic carbocycles. The van der Waals surface area contributed by atoms with Crippen LogP contribution < -0.4 is 14.4 Å². The van der Waals surface area contributed by atoms with Gasteiger partial charge < -0.3 is 15.0 Å². The first-order valence-corrected chi connectivity index (χ1v) is 15.0. The Balaban J connectivity index is 2.00. The number of nitrogens with one attached hydrogen (secondary N) is 1. The van der Waals surface area contributed by atoms with Crippen molar-refractivity contribution in [1.82, 2.24) is 10.2 Å². The van der Waals surface area contributed by atoms with E-state index >= 15 is 0 Å². The maximum atomic E-state index is 13.9. The number of amides is 2. The van der Waals surface area contributed by atoms with Gasteiger partial charge in [0.15, 0.2) is 0 Å². The Morgan fingerprint density at radius 1 is 0.949 bits per heavy atom. The van der Waals surface area contributed by atoms with E-state index in [2.05, 4.69) is 21.2 Å². The summed E-state index contributed by atoms with van der Waals surface area (Å²) in [6.07, 6.45) is 0.752. The number of hydrogen-bond acceptors (Lipinski definition) is 5. The number of rotatable bonds is 13. The van der Waals surface area contributed by atoms with Gasteiger partial charge in [0.05, 0.1) is 17.2 Å². The molecule has 1 unspecified atom stereocenters. The molecule has 0 fully saturated rings. The molecular formula is C29H34BrN3O5S. The van der Waals surface area contributed by atoms with E-state index in [1.807, 2.05) is 44.2 Å². The Hall–Kier alpha value is -3.37. The first kappa shape index (κ1) is 30.2. The van der Waals surface area contributed by atoms with E-state index in [1.54, 1.807) is 43.3 Å². The van der Waals surface area contributed by atoms with Crippen molar-refractivity contribution in [3.05, 3.63) is 88.9 Å². The fourth-order valence-corrected chi connectivity index (χ4v) is 5.57. The molecule has 10 heteroatoms. The monoisotopic (exact) mass is 615 g/mol. The number of sulfonamides is 1. The fourth-order valence-electron chi connectivity index (χ4n) is 3.90. The summed E-state index contributed by atoms with van der Waals surface area (Å²) < 4.78 is 35.0. The molecule has 39 heavy (non-hydrogen) atoms. The van der Waals surface area contributed by atoms with Crippen LogP contribution in [0.2, 0.25) is 0 Å². The molecule has 0 saturated carbocycles. The van der Waals surface area contributed by atoms with Crippen molar-refractivity contribution < 1.29 is 22.7 Å². The summed E-state index contributed by atoms with van der Waals surface area (Å²) in [5, 5.41) is 2.83. The average Bonchev–Trinajstić information content (AvgIpc) is 2.94. The van der Waals surface area contributed by atoms with E-state index in [4.69, 9.17) is 4.74 Å². The van der Waals surface area contributed by atoms with E-state index in [-0.39, 0.29) is 17.3 Å². The Kier molecular flexibility index (Phi) is 10.9. The SMILES string of the molecule is CCCNC(=O)C(C)N(Cc1ccccc1)C(=O)CN(c1ccc(OCC)cc1)S(=O)(=O)c1ccc(Br)cc1. The Morgan fingerprint density at radius 2 is 1.59 bits per heavy atom. The minimum absolute atomic E-state index is 0.0377. The third kappa shape index (κ3) is 8.06. The molecule has 1 atom stereocenters. The van der Waals surface area contributed by atoms with Gasteiger partial charge in [-0.2, -0.15) is 0 Å². The number of hydrogen-bond donors (Lipinski definition) is 1. The van der Waals surface area contributed by atoms with Gasteiger partial charge in [0.1, 0.15) is 18.3 Å². The molecule has 0 aliphatic rings. The summed E-state index contributed by atoms with van der Waals surface area (Å²) in [5.41, 5.74) is 1.13. The third-order valence-corrected chi connectivity index (χ3v) is 8.35. The molecule has 208 valence electrons. The van der Waals surface area contributed by atoms with Crippen molar-refractivity contribution in [1.29, 1.82) is 0 Å². The molecule has 1 N–H and O–H groups in total. The predicted molar refractivity (Wildman–Crippen MR) is 156 cm³/mol. The zero-order valence-corrected chi connectivity index (χ0v) is 24.7. The van der Waals surface area contributed by atoms with Crippen LogP contribution in [0, 0.1) is 0 Å². The van der Waals surface area contributed by atoms with Gasteiger partial charge >= 0.3 is 0 Å². The summed E-state index contributed by atoms with van der Waals surface area (Å²) in [6, 6.07) is 21.2. The van der Waals surface area contributed by atoms with Crippen LogP contribution >= 0.6 is 15.9 Å². The normalized spacial score (nSPS) is 11.9. The van der Waals surface area contributed by atoms with Crippen molar-refractivity contribution in [2.45, 2.75) is 44.7 Å². The molecule has 3 aromatic rings. The summed E-state index contributed by atoms with van der Waals surface area (Å²) in [6.45, 7) is 6.05. The van der Waals surface area contributed by atoms with Gasteiger partial charge in [-0.1, -0.05) is 53.2 Å². The van der Waals surface area contributed by atoms with E-state index in [0.29, 0.717) is 24.6 Å². The second kappa shape index (κ2) is 14.1. The van der Waals surface area contributed by atoms with Crippen LogP contribution in [0.25, 0.3) is 0 Å². The van der Waals surface area contributed by atoms with E-state index < -0.39 is 28.5 Å². The van der Waals surface area contributed by atoms with Crippen molar-refractivity contribution in [2.75, 3.05) is 24.0 Å². The second-order valence-electron chi connectivity index (χ2n) is 8.87. The number of benzene rings is 3. The van der Waals surface area contributed by atoms with Gasteiger partial charge in [0.25, 0.3) is 10.0 Å². The first-order valence-electron chi connectivity index (χ1n) is 12.8. The van der Waals surface area contributed by atoms with Gasteiger partial charge in [-0.15, -0.1) is 0 Å². The number of halogens is 1. The second-order valence-corrected chi connectivity index (χ2v) is 11.6. The predicted octanol–water partition coefficient (Wildman–Crippen LogP) is 4.99. The molecule has 0 heterocycles. The topological polar surface area (TPSA) is 96.0 Å². The Bertz CT molecular complexity index is 1330. The van der Waals surface area contributed by atoms with Crippen molar-refractivity contribution in [2.24, 2.45) is 0 Å². The maximum Gasteiger partial charge on any atom is 0.264 e. The minimum Gasteiger partial charge on any atom is -0.494 e. The summed E-state index contributed by atoms with van der Waals surface area (Å²) >= 11 is 3.33. The number of ether oxygens (including phenoxy) is 1. The quantitative estimate of drug-likeness (QED) is 0.292. The lowest BCUT2D eigenvalue weighted by atomic mass is 10.1. The van der Waals surface area contributed by atoms with Crippen LogP contribution in [0.3, 0.4) is 0 Å². The molecule has 2 amide bonds. The fraction of sp³-hybridized carbons (Fsp3) is 0.310. The zero-order chi connectivity index (χ0) is 28.4. The molecule has 0 spiro atoms. The molecule has 3 rings (SSSR count). The van der Waals surface area contributed by atoms with Gasteiger partial charge in [0.2, 0.25) is 11.8 Å². The zero-order valence-electron chi connectivity index (χ0n) is 22.3. The average molecular weight is 617 g/mol. The standard InChI is InChI=1S/C29H34BrN3O5S/c1-4-19-31-29(35)22(3)32(20-23-9-7-6-8-10-23)28(34)21-33(25-13-15-26(16-14-25)38-5-2)39(36,37)27-17-11-24(30)12-18-27/h6-18,22H,4-5,19-21H2,1-3H3,(H,31,35). The van der Waals surface area contributed by atoms with E-state index in [9.17, 15) is 18.0 Å². The molecule has 0 bridgehead atoms. The smallest absolute Gasteiger partial charge is 0.264 e. The molecule has 0 radical (unpaired) electrons. The van der Waals surface area contributed by atoms with Crippen molar-refractivity contribution >= 4 is 43.5 Å². The van der Waals surface area contributed by atoms with Crippen LogP contribution in [0.15, 0.2) is 88.2 Å². The molecule has 0 aliphatic heterocycles. The van der Waals surface area contributed by atoms with Crippen molar-refractivity contribution in [3.8, 4) is 5.75 Å². The number of nitrogens with zero attached hydrogens (tertiary/aromatic N) is 2. The lowest BCUT2D eigenvalue weighted by Gasteiger charge is -2.32. The molecule has 8 nitrogen and oxygen atoms in total. The summed E-state index contributed by atoms with van der Waals surface area (Å²) in [7, 11) is -4.13. The van der Waals surface area contributed by atoms with Crippen LogP contribution in [-0.4, -0.2) is 50.9 Å². The van der Waals surface area contributed by atoms with Gasteiger partial charge in [-0.25, -0.2) is 8.42 Å². The minimum atomic E-state index is -4.13. The van der Waals surface area contributed by atoms with Crippen LogP contribution in [0.4, 0.5) is 5.69 Å². The Labute approximate surface area is 239 Å². The van der Waals surface area contributed by atoms with Gasteiger partial charge in [-0.3, -0.25) is 13.9 Å². The lowest BCUT2D eigenvalue weighted by molar-refractivity contribution is -0.139. The third-order valence-electron chi connectivity index (χ3n) is 6.03. The summed E-state index contributed by atoms with van der Waals surface area (Å²) in [4.78, 5) is 28.2. The van der Waals surface area contributed by atoms with E-state index in [1.165, 1.54) is 17.0 Å². The first-order chi connectivity index (χ1) is 18.7. The molecular weight excluding hydrogens is 582 g/mol. The van der Waals surface area contributed by atoms with Crippen LogP contribution in [-0.2, 0) is 26.2 Å². The molecule has 0 saturated heterocycles. The maximum absolute atomic E-state index is 13.9. The number of carbonyl (C=O) groups is 2. The highest BCUT2D eigenvalue weighted by Crippen LogP contribution is 2.27. The Morgan fingerprint density at radius 3 is 2.18 bits per heavy atom. The lowest BCUT2D eigenvalue weighted by Crippen LogP contribution is -2.51. The van der Waals surface area contributed by atoms with Gasteiger partial charge in [0, 0.05) is 17.6 Å². The molecule has 0 aromatic heterocycles. The van der Waals surface area contributed by atoms with Crippen LogP contribution in [0.1, 0.15) is 32.8 Å². The molecule has 3 aromatic carbocycles. The van der Waals surface area contributed by atoms with Crippen LogP contribution in [0.5, 0.6) is 5.75 Å². The number of anilines is 1.